The number of aliphatic hydroxyl groups excluding tert-OH is 1. The zero-order chi connectivity index (χ0) is 33.2. The molecule has 9 nitrogen and oxygen atoms in total. The first kappa shape index (κ1) is 31.3. The number of nitrogens with zero attached hydrogens (tertiary/aromatic N) is 5. The maximum atomic E-state index is 17.1. The fraction of sp³-hybridized carbons (Fsp3) is 0.486. The number of piperidine rings is 1. The van der Waals surface area contributed by atoms with Crippen molar-refractivity contribution in [2.45, 2.75) is 57.1 Å². The number of aliphatic hydroxyl groups is 1. The number of methoxy groups -OCH3 is 1. The van der Waals surface area contributed by atoms with Crippen LogP contribution in [0.15, 0.2) is 42.6 Å². The molecule has 1 aliphatic carbocycles. The van der Waals surface area contributed by atoms with Crippen LogP contribution in [0, 0.1) is 23.5 Å². The summed E-state index contributed by atoms with van der Waals surface area (Å²) in [6.45, 7) is 9.64. The molecule has 4 fully saturated rings. The molecule has 3 aliphatic heterocycles. The Morgan fingerprint density at radius 3 is 2.81 bits per heavy atom. The van der Waals surface area contributed by atoms with Crippen molar-refractivity contribution in [3.05, 3.63) is 59.8 Å². The van der Waals surface area contributed by atoms with Gasteiger partial charge in [0, 0.05) is 44.4 Å². The van der Waals surface area contributed by atoms with Gasteiger partial charge in [-0.1, -0.05) is 25.1 Å². The van der Waals surface area contributed by atoms with E-state index in [2.05, 4.69) is 21.4 Å². The number of pyridine rings is 1. The summed E-state index contributed by atoms with van der Waals surface area (Å²) in [5, 5.41) is 12.4. The van der Waals surface area contributed by atoms with E-state index < -0.39 is 5.82 Å². The fourth-order valence-corrected chi connectivity index (χ4v) is 8.79. The summed E-state index contributed by atoms with van der Waals surface area (Å²) in [6, 6.07) is 6.67. The smallest absolute Gasteiger partial charge is 0.319 e. The lowest BCUT2D eigenvalue weighted by Gasteiger charge is -2.34. The van der Waals surface area contributed by atoms with E-state index in [0.29, 0.717) is 70.9 Å². The maximum Gasteiger partial charge on any atom is 0.319 e. The minimum absolute atomic E-state index is 0.00349. The van der Waals surface area contributed by atoms with Gasteiger partial charge in [0.1, 0.15) is 35.2 Å². The predicted octanol–water partition coefficient (Wildman–Crippen LogP) is 6.05. The molecule has 0 unspecified atom stereocenters. The Bertz CT molecular complexity index is 1920. The predicted molar refractivity (Wildman–Crippen MR) is 179 cm³/mol. The molecular formula is C37H41F2N5O4. The van der Waals surface area contributed by atoms with Crippen LogP contribution < -0.4 is 14.4 Å². The highest BCUT2D eigenvalue weighted by atomic mass is 19.1. The zero-order valence-corrected chi connectivity index (χ0v) is 27.5. The van der Waals surface area contributed by atoms with Crippen LogP contribution in [0.4, 0.5) is 14.6 Å². The number of fused-ring (bicyclic) bond motifs is 5. The van der Waals surface area contributed by atoms with E-state index in [4.69, 9.17) is 24.2 Å². The number of hydrogen-bond donors (Lipinski definition) is 1. The van der Waals surface area contributed by atoms with Gasteiger partial charge >= 0.3 is 6.01 Å². The van der Waals surface area contributed by atoms with Crippen LogP contribution in [0.2, 0.25) is 0 Å². The molecule has 0 spiro atoms. The van der Waals surface area contributed by atoms with Gasteiger partial charge in [0.15, 0.2) is 12.6 Å². The largest absolute Gasteiger partial charge is 0.468 e. The first-order chi connectivity index (χ1) is 23.3. The molecule has 1 saturated carbocycles. The Hall–Kier alpha value is -3.93. The molecule has 3 saturated heterocycles. The molecule has 252 valence electrons. The van der Waals surface area contributed by atoms with Crippen LogP contribution in [-0.2, 0) is 11.2 Å². The first-order valence-electron chi connectivity index (χ1n) is 17.0. The van der Waals surface area contributed by atoms with Crippen LogP contribution in [0.1, 0.15) is 44.6 Å². The summed E-state index contributed by atoms with van der Waals surface area (Å²) in [5.41, 5.74) is 2.02. The summed E-state index contributed by atoms with van der Waals surface area (Å²) in [6.07, 6.45) is 6.30. The second-order valence-electron chi connectivity index (χ2n) is 14.0. The summed E-state index contributed by atoms with van der Waals surface area (Å²) in [7, 11) is 1.52. The van der Waals surface area contributed by atoms with Gasteiger partial charge in [-0.2, -0.15) is 9.97 Å². The van der Waals surface area contributed by atoms with Crippen LogP contribution in [0.3, 0.4) is 0 Å². The third kappa shape index (κ3) is 5.27. The van der Waals surface area contributed by atoms with Crippen molar-refractivity contribution in [1.82, 2.24) is 19.9 Å². The van der Waals surface area contributed by atoms with Crippen molar-refractivity contribution in [3.8, 4) is 23.0 Å². The van der Waals surface area contributed by atoms with Gasteiger partial charge in [-0.25, -0.2) is 8.78 Å². The quantitative estimate of drug-likeness (QED) is 0.171. The van der Waals surface area contributed by atoms with Gasteiger partial charge in [0.05, 0.1) is 17.0 Å². The summed E-state index contributed by atoms with van der Waals surface area (Å²) < 4.78 is 49.6. The van der Waals surface area contributed by atoms with Gasteiger partial charge in [-0.3, -0.25) is 9.88 Å². The molecule has 5 heterocycles. The number of hydrogen-bond acceptors (Lipinski definition) is 9. The number of rotatable bonds is 9. The van der Waals surface area contributed by atoms with Gasteiger partial charge in [-0.15, -0.1) is 0 Å². The lowest BCUT2D eigenvalue weighted by Crippen LogP contribution is -2.43. The third-order valence-corrected chi connectivity index (χ3v) is 10.9. The van der Waals surface area contributed by atoms with Gasteiger partial charge in [-0.05, 0) is 85.5 Å². The average molecular weight is 658 g/mol. The minimum Gasteiger partial charge on any atom is -0.468 e. The zero-order valence-electron chi connectivity index (χ0n) is 27.5. The molecule has 2 aromatic carbocycles. The number of aromatic nitrogens is 3. The second-order valence-corrected chi connectivity index (χ2v) is 14.0. The fourth-order valence-electron chi connectivity index (χ4n) is 8.79. The molecule has 2 bridgehead atoms. The molecular weight excluding hydrogens is 616 g/mol. The Morgan fingerprint density at radius 1 is 1.12 bits per heavy atom. The lowest BCUT2D eigenvalue weighted by molar-refractivity contribution is 0.0512. The molecule has 11 heteroatoms. The summed E-state index contributed by atoms with van der Waals surface area (Å²) in [5.74, 6) is 0.430. The monoisotopic (exact) mass is 657 g/mol. The van der Waals surface area contributed by atoms with Crippen molar-refractivity contribution in [3.63, 3.8) is 0 Å². The molecule has 8 rings (SSSR count). The van der Waals surface area contributed by atoms with Crippen LogP contribution >= 0.6 is 0 Å². The number of halogens is 2. The Kier molecular flexibility index (Phi) is 7.96. The third-order valence-electron chi connectivity index (χ3n) is 10.9. The molecule has 4 atom stereocenters. The van der Waals surface area contributed by atoms with Crippen molar-refractivity contribution >= 4 is 27.5 Å². The van der Waals surface area contributed by atoms with Gasteiger partial charge in [0.25, 0.3) is 0 Å². The topological polar surface area (TPSA) is 93.1 Å². The van der Waals surface area contributed by atoms with E-state index in [1.165, 1.54) is 18.7 Å². The summed E-state index contributed by atoms with van der Waals surface area (Å²) in [4.78, 5) is 18.8. The maximum absolute atomic E-state index is 17.1. The van der Waals surface area contributed by atoms with E-state index in [-0.39, 0.29) is 47.4 Å². The first-order valence-corrected chi connectivity index (χ1v) is 17.0. The van der Waals surface area contributed by atoms with Gasteiger partial charge in [0.2, 0.25) is 0 Å². The van der Waals surface area contributed by atoms with Crippen molar-refractivity contribution in [2.75, 3.05) is 51.6 Å². The van der Waals surface area contributed by atoms with Crippen LogP contribution in [0.5, 0.6) is 11.8 Å². The van der Waals surface area contributed by atoms with Crippen LogP contribution in [0.25, 0.3) is 32.9 Å². The van der Waals surface area contributed by atoms with E-state index in [1.54, 1.807) is 24.4 Å². The highest BCUT2D eigenvalue weighted by molar-refractivity contribution is 6.01. The molecule has 0 amide bonds. The standard InChI is InChI=1S/C37H41F2N5O4/c1-4-26-29(38)7-6-23-12-25(48-20-46-3)13-27(31(23)26)33-32(39)34-28(15-40-33)35(43-17-22-10-24(18-43)30(45)11-22)42-36(41-34)47-19-37-8-5-9-44(37)16-21(2)14-37/h6-7,12-13,15,22,24,30,45H,2,4-5,8-11,14,16-20H2,1,3H3/t22-,24-,30-,37+/m1/s1. The number of aryl methyl sites for hydroxylation is 1. The number of anilines is 1. The van der Waals surface area contributed by atoms with Crippen molar-refractivity contribution in [2.24, 2.45) is 11.8 Å². The number of ether oxygens (including phenoxy) is 3. The molecule has 4 aliphatic rings. The van der Waals surface area contributed by atoms with Crippen LogP contribution in [-0.4, -0.2) is 83.3 Å². The van der Waals surface area contributed by atoms with E-state index >= 15 is 8.78 Å². The Balaban J connectivity index is 1.27. The lowest BCUT2D eigenvalue weighted by atomic mass is 9.94. The van der Waals surface area contributed by atoms with E-state index in [1.807, 2.05) is 6.92 Å². The minimum atomic E-state index is -0.646. The molecule has 1 N–H and O–H groups in total. The average Bonchev–Trinajstić information content (AvgIpc) is 3.70. The Labute approximate surface area is 278 Å². The molecule has 0 radical (unpaired) electrons. The van der Waals surface area contributed by atoms with E-state index in [0.717, 1.165) is 45.2 Å². The SMILES string of the molecule is C=C1CN2CCC[C@@]2(COc2nc(N3C[C@@H]4C[C@H](C3)[C@H](O)C4)c3cnc(-c4cc(OCOC)cc5ccc(F)c(CC)c45)c(F)c3n2)C1. The van der Waals surface area contributed by atoms with Crippen molar-refractivity contribution < 1.29 is 28.1 Å². The Morgan fingerprint density at radius 2 is 2.00 bits per heavy atom. The highest BCUT2D eigenvalue weighted by Crippen LogP contribution is 2.44. The highest BCUT2D eigenvalue weighted by Gasteiger charge is 2.47. The molecule has 48 heavy (non-hydrogen) atoms. The van der Waals surface area contributed by atoms with Crippen molar-refractivity contribution in [1.29, 1.82) is 0 Å². The normalized spacial score (nSPS) is 25.4. The second kappa shape index (κ2) is 12.2. The molecule has 4 aromatic rings. The van der Waals surface area contributed by atoms with E-state index in [9.17, 15) is 5.11 Å². The van der Waals surface area contributed by atoms with Gasteiger partial charge < -0.3 is 24.2 Å². The summed E-state index contributed by atoms with van der Waals surface area (Å²) >= 11 is 0. The molecule has 2 aromatic heterocycles. The number of benzene rings is 2.